The lowest BCUT2D eigenvalue weighted by molar-refractivity contribution is -0.329. The number of hydrogen-bond acceptors (Lipinski definition) is 8. The molecule has 3 fully saturated rings. The lowest BCUT2D eigenvalue weighted by atomic mass is 10.0. The quantitative estimate of drug-likeness (QED) is 0.390. The van der Waals surface area contributed by atoms with E-state index >= 15 is 0 Å². The zero-order chi connectivity index (χ0) is 26.0. The Hall–Kier alpha value is -2.74. The third-order valence-electron chi connectivity index (χ3n) is 5.81. The first-order chi connectivity index (χ1) is 16.3. The van der Waals surface area contributed by atoms with E-state index in [9.17, 15) is 28.0 Å². The third-order valence-corrected chi connectivity index (χ3v) is 5.81. The lowest BCUT2D eigenvalue weighted by Crippen LogP contribution is -2.50. The molecule has 3 saturated heterocycles. The largest absolute Gasteiger partial charge is 0.477 e. The number of halogens is 2. The number of ether oxygens (including phenoxy) is 2. The molecule has 3 atom stereocenters. The van der Waals surface area contributed by atoms with E-state index in [1.54, 1.807) is 25.7 Å². The SMILES string of the molecule is CCOC(=O)C(F)(F)ON1C(=O)N2C[C@H]1CC[C@H]2C(=O)NOC[C@@H]1CCCN1C(=O)OC(C)(C)C. The molecule has 3 aliphatic rings. The number of esters is 1. The highest BCUT2D eigenvalue weighted by Crippen LogP contribution is 2.33. The molecule has 0 aliphatic carbocycles. The molecule has 0 aromatic carbocycles. The van der Waals surface area contributed by atoms with Crippen molar-refractivity contribution in [3.63, 3.8) is 0 Å². The van der Waals surface area contributed by atoms with E-state index in [1.165, 1.54) is 6.92 Å². The summed E-state index contributed by atoms with van der Waals surface area (Å²) in [6.45, 7) is 6.90. The van der Waals surface area contributed by atoms with Crippen molar-refractivity contribution in [2.45, 2.75) is 83.2 Å². The van der Waals surface area contributed by atoms with Crippen molar-refractivity contribution in [2.24, 2.45) is 0 Å². The molecule has 1 N–H and O–H groups in total. The molecule has 2 bridgehead atoms. The van der Waals surface area contributed by atoms with Crippen LogP contribution in [-0.4, -0.2) is 95.0 Å². The van der Waals surface area contributed by atoms with Crippen LogP contribution in [0.1, 0.15) is 53.4 Å². The van der Waals surface area contributed by atoms with E-state index in [-0.39, 0.29) is 38.6 Å². The van der Waals surface area contributed by atoms with Crippen LogP contribution in [0.2, 0.25) is 0 Å². The molecule has 0 radical (unpaired) electrons. The second kappa shape index (κ2) is 10.5. The number of hydroxylamine groups is 3. The van der Waals surface area contributed by atoms with Crippen LogP contribution in [0.25, 0.3) is 0 Å². The molecule has 0 spiro atoms. The third kappa shape index (κ3) is 6.28. The van der Waals surface area contributed by atoms with Crippen LogP contribution in [0.5, 0.6) is 0 Å². The van der Waals surface area contributed by atoms with Crippen molar-refractivity contribution < 1.29 is 47.1 Å². The van der Waals surface area contributed by atoms with Gasteiger partial charge in [-0.3, -0.25) is 9.63 Å². The van der Waals surface area contributed by atoms with E-state index in [1.807, 2.05) is 0 Å². The highest BCUT2D eigenvalue weighted by molar-refractivity contribution is 5.88. The van der Waals surface area contributed by atoms with Crippen molar-refractivity contribution in [1.29, 1.82) is 0 Å². The summed E-state index contributed by atoms with van der Waals surface area (Å²) < 4.78 is 37.7. The smallest absolute Gasteiger partial charge is 0.460 e. The average molecular weight is 507 g/mol. The maximum atomic E-state index is 14.0. The van der Waals surface area contributed by atoms with Gasteiger partial charge in [-0.25, -0.2) is 19.9 Å². The Labute approximate surface area is 201 Å². The molecule has 35 heavy (non-hydrogen) atoms. The molecular formula is C21H32F2N4O8. The fraction of sp³-hybridized carbons (Fsp3) is 0.810. The van der Waals surface area contributed by atoms with Gasteiger partial charge in [-0.05, 0) is 53.4 Å². The molecule has 4 amide bonds. The first kappa shape index (κ1) is 26.9. The first-order valence-corrected chi connectivity index (χ1v) is 11.6. The Bertz CT molecular complexity index is 837. The van der Waals surface area contributed by atoms with Crippen molar-refractivity contribution in [3.8, 4) is 0 Å². The maximum absolute atomic E-state index is 14.0. The van der Waals surface area contributed by atoms with Gasteiger partial charge in [-0.15, -0.1) is 0 Å². The van der Waals surface area contributed by atoms with E-state index in [0.717, 1.165) is 11.3 Å². The average Bonchev–Trinajstić information content (AvgIpc) is 3.32. The standard InChI is InChI=1S/C21H32F2N4O8/c1-5-32-17(29)21(22,23)35-27-13-8-9-15(26(11-13)18(27)30)16(28)24-33-12-14-7-6-10-25(14)19(31)34-20(2,3)4/h13-15H,5-12H2,1-4H3,(H,24,28)/t13-,14+,15+/m1/s1. The predicted octanol–water partition coefficient (Wildman–Crippen LogP) is 1.79. The van der Waals surface area contributed by atoms with Gasteiger partial charge in [0, 0.05) is 13.1 Å². The zero-order valence-corrected chi connectivity index (χ0v) is 20.3. The van der Waals surface area contributed by atoms with Crippen LogP contribution < -0.4 is 5.48 Å². The molecule has 14 heteroatoms. The fourth-order valence-electron chi connectivity index (χ4n) is 4.25. The minimum Gasteiger partial charge on any atom is -0.460 e. The van der Waals surface area contributed by atoms with Crippen LogP contribution in [0.4, 0.5) is 18.4 Å². The Morgan fingerprint density at radius 3 is 2.51 bits per heavy atom. The van der Waals surface area contributed by atoms with E-state index < -0.39 is 47.8 Å². The summed E-state index contributed by atoms with van der Waals surface area (Å²) >= 11 is 0. The van der Waals surface area contributed by atoms with Gasteiger partial charge in [0.15, 0.2) is 0 Å². The van der Waals surface area contributed by atoms with Crippen LogP contribution in [0.3, 0.4) is 0 Å². The molecule has 3 rings (SSSR count). The van der Waals surface area contributed by atoms with Crippen molar-refractivity contribution in [1.82, 2.24) is 20.3 Å². The fourth-order valence-corrected chi connectivity index (χ4v) is 4.25. The number of amides is 4. The van der Waals surface area contributed by atoms with Crippen molar-refractivity contribution in [3.05, 3.63) is 0 Å². The van der Waals surface area contributed by atoms with Gasteiger partial charge in [0.2, 0.25) is 0 Å². The van der Waals surface area contributed by atoms with Gasteiger partial charge in [0.1, 0.15) is 11.6 Å². The molecule has 0 aromatic rings. The second-order valence-electron chi connectivity index (χ2n) is 9.58. The molecular weight excluding hydrogens is 474 g/mol. The number of carbonyl (C=O) groups is 4. The zero-order valence-electron chi connectivity index (χ0n) is 20.3. The molecule has 0 saturated carbocycles. The number of likely N-dealkylation sites (tertiary alicyclic amines) is 1. The molecule has 0 aromatic heterocycles. The van der Waals surface area contributed by atoms with Gasteiger partial charge in [-0.2, -0.15) is 18.7 Å². The van der Waals surface area contributed by atoms with Gasteiger partial charge >= 0.3 is 24.2 Å². The number of hydrogen-bond donors (Lipinski definition) is 1. The summed E-state index contributed by atoms with van der Waals surface area (Å²) in [5.74, 6) is -2.53. The van der Waals surface area contributed by atoms with E-state index in [0.29, 0.717) is 18.0 Å². The minimum absolute atomic E-state index is 0.0229. The number of urea groups is 1. The van der Waals surface area contributed by atoms with E-state index in [2.05, 4.69) is 15.1 Å². The van der Waals surface area contributed by atoms with Gasteiger partial charge in [0.25, 0.3) is 5.91 Å². The van der Waals surface area contributed by atoms with Crippen LogP contribution in [0.15, 0.2) is 0 Å². The number of piperidine rings is 1. The monoisotopic (exact) mass is 506 g/mol. The molecule has 3 heterocycles. The highest BCUT2D eigenvalue weighted by Gasteiger charge is 2.54. The summed E-state index contributed by atoms with van der Waals surface area (Å²) in [4.78, 5) is 61.5. The summed E-state index contributed by atoms with van der Waals surface area (Å²) in [6.07, 6.45) is -2.98. The highest BCUT2D eigenvalue weighted by atomic mass is 19.3. The normalized spacial score (nSPS) is 24.6. The predicted molar refractivity (Wildman–Crippen MR) is 113 cm³/mol. The Morgan fingerprint density at radius 1 is 1.14 bits per heavy atom. The van der Waals surface area contributed by atoms with Gasteiger partial charge in [0.05, 0.1) is 25.3 Å². The number of nitrogens with one attached hydrogen (secondary N) is 1. The summed E-state index contributed by atoms with van der Waals surface area (Å²) in [5.41, 5.74) is 1.65. The topological polar surface area (TPSA) is 127 Å². The summed E-state index contributed by atoms with van der Waals surface area (Å²) in [5, 5.41) is 0.433. The Morgan fingerprint density at radius 2 is 1.86 bits per heavy atom. The number of alkyl halides is 2. The second-order valence-corrected chi connectivity index (χ2v) is 9.58. The van der Waals surface area contributed by atoms with Crippen molar-refractivity contribution >= 4 is 24.0 Å². The van der Waals surface area contributed by atoms with Crippen LogP contribution in [0, 0.1) is 0 Å². The molecule has 0 unspecified atom stereocenters. The molecule has 198 valence electrons. The van der Waals surface area contributed by atoms with Crippen LogP contribution >= 0.6 is 0 Å². The lowest BCUT2D eigenvalue weighted by Gasteiger charge is -2.30. The van der Waals surface area contributed by atoms with Gasteiger partial charge in [-0.1, -0.05) is 0 Å². The molecule has 3 aliphatic heterocycles. The van der Waals surface area contributed by atoms with Gasteiger partial charge < -0.3 is 19.3 Å². The number of carbonyl (C=O) groups excluding carboxylic acids is 4. The first-order valence-electron chi connectivity index (χ1n) is 11.6. The summed E-state index contributed by atoms with van der Waals surface area (Å²) in [6, 6.07) is -2.95. The number of nitrogens with zero attached hydrogens (tertiary/aromatic N) is 3. The Balaban J connectivity index is 1.51. The van der Waals surface area contributed by atoms with E-state index in [4.69, 9.17) is 9.57 Å². The number of fused-ring (bicyclic) bond motifs is 2. The van der Waals surface area contributed by atoms with Crippen LogP contribution in [-0.2, 0) is 28.7 Å². The Kier molecular flexibility index (Phi) is 8.04. The summed E-state index contributed by atoms with van der Waals surface area (Å²) in [7, 11) is 0. The van der Waals surface area contributed by atoms with Crippen molar-refractivity contribution in [2.75, 3.05) is 26.3 Å². The molecule has 12 nitrogen and oxygen atoms in total. The number of rotatable bonds is 8. The minimum atomic E-state index is -4.34. The maximum Gasteiger partial charge on any atom is 0.477 e.